The number of aliphatic hydroxyl groups excluding tert-OH is 2. The van der Waals surface area contributed by atoms with Crippen LogP contribution in [0.3, 0.4) is 0 Å². The van der Waals surface area contributed by atoms with Crippen LogP contribution in [0.4, 0.5) is 13.2 Å². The Labute approximate surface area is 197 Å². The first-order valence-electron chi connectivity index (χ1n) is 10.5. The minimum atomic E-state index is -4.53. The maximum atomic E-state index is 12.7. The van der Waals surface area contributed by atoms with Gasteiger partial charge in [0.2, 0.25) is 0 Å². The van der Waals surface area contributed by atoms with Crippen molar-refractivity contribution >= 4 is 18.0 Å². The maximum Gasteiger partial charge on any atom is 0.416 e. The molecule has 188 valence electrons. The molecular formula is C24H23F3O8. The molecule has 1 saturated carbocycles. The van der Waals surface area contributed by atoms with E-state index in [-0.39, 0.29) is 11.3 Å². The molecule has 0 radical (unpaired) electrons. The predicted octanol–water partition coefficient (Wildman–Crippen LogP) is 2.89. The lowest BCUT2D eigenvalue weighted by Crippen LogP contribution is -2.58. The van der Waals surface area contributed by atoms with E-state index < -0.39 is 67.0 Å². The van der Waals surface area contributed by atoms with Gasteiger partial charge in [0.25, 0.3) is 0 Å². The third-order valence-corrected chi connectivity index (χ3v) is 5.60. The molecule has 0 bridgehead atoms. The van der Waals surface area contributed by atoms with Crippen molar-refractivity contribution in [3.05, 3.63) is 71.3 Å². The second kappa shape index (κ2) is 10.5. The zero-order valence-corrected chi connectivity index (χ0v) is 18.2. The number of aliphatic hydroxyl groups is 2. The van der Waals surface area contributed by atoms with Crippen LogP contribution in [0.1, 0.15) is 29.5 Å². The number of phenols is 1. The number of carboxylic acid groups (broad SMARTS) is 1. The minimum Gasteiger partial charge on any atom is -0.508 e. The normalized spacial score (nSPS) is 24.9. The summed E-state index contributed by atoms with van der Waals surface area (Å²) in [5, 5.41) is 39.6. The Balaban J connectivity index is 1.70. The van der Waals surface area contributed by atoms with E-state index in [1.54, 1.807) is 0 Å². The number of hydrogen-bond donors (Lipinski definition) is 4. The van der Waals surface area contributed by atoms with Gasteiger partial charge in [-0.3, -0.25) is 0 Å². The third kappa shape index (κ3) is 6.59. The minimum absolute atomic E-state index is 0.0327. The van der Waals surface area contributed by atoms with Crippen LogP contribution in [0, 0.1) is 0 Å². The number of hydrogen-bond acceptors (Lipinski definition) is 7. The Morgan fingerprint density at radius 3 is 2.23 bits per heavy atom. The molecule has 3 rings (SSSR count). The van der Waals surface area contributed by atoms with Crippen LogP contribution in [0.25, 0.3) is 6.08 Å². The van der Waals surface area contributed by atoms with Crippen LogP contribution in [0.2, 0.25) is 0 Å². The summed E-state index contributed by atoms with van der Waals surface area (Å²) in [4.78, 5) is 24.3. The molecule has 4 atom stereocenters. The smallest absolute Gasteiger partial charge is 0.416 e. The van der Waals surface area contributed by atoms with Crippen LogP contribution in [0.15, 0.2) is 54.6 Å². The summed E-state index contributed by atoms with van der Waals surface area (Å²) in [5.41, 5.74) is -2.13. The first kappa shape index (κ1) is 26.2. The third-order valence-electron chi connectivity index (χ3n) is 5.60. The highest BCUT2D eigenvalue weighted by molar-refractivity contribution is 5.87. The van der Waals surface area contributed by atoms with Gasteiger partial charge in [-0.25, -0.2) is 9.59 Å². The Morgan fingerprint density at radius 1 is 1.03 bits per heavy atom. The fourth-order valence-electron chi connectivity index (χ4n) is 3.65. The highest BCUT2D eigenvalue weighted by Crippen LogP contribution is 2.36. The number of carbonyl (C=O) groups excluding carboxylic acids is 1. The van der Waals surface area contributed by atoms with E-state index in [1.165, 1.54) is 30.3 Å². The number of aliphatic carboxylic acids is 1. The second-order valence-electron chi connectivity index (χ2n) is 8.15. The monoisotopic (exact) mass is 496 g/mol. The van der Waals surface area contributed by atoms with Gasteiger partial charge in [-0.2, -0.15) is 13.2 Å². The molecular weight excluding hydrogens is 473 g/mol. The molecule has 35 heavy (non-hydrogen) atoms. The maximum absolute atomic E-state index is 12.7. The number of benzene rings is 2. The number of carboxylic acids is 1. The molecule has 4 N–H and O–H groups in total. The van der Waals surface area contributed by atoms with Gasteiger partial charge in [-0.15, -0.1) is 0 Å². The number of rotatable bonds is 7. The Hall–Kier alpha value is -3.41. The van der Waals surface area contributed by atoms with Gasteiger partial charge >= 0.3 is 18.1 Å². The van der Waals surface area contributed by atoms with E-state index >= 15 is 0 Å². The summed E-state index contributed by atoms with van der Waals surface area (Å²) in [6.07, 6.45) is -7.76. The van der Waals surface area contributed by atoms with Gasteiger partial charge in [0.1, 0.15) is 18.0 Å². The van der Waals surface area contributed by atoms with Crippen molar-refractivity contribution in [1.82, 2.24) is 0 Å². The number of esters is 1. The number of alkyl halides is 3. The summed E-state index contributed by atoms with van der Waals surface area (Å²) in [6.45, 7) is -0.394. The van der Waals surface area contributed by atoms with E-state index in [4.69, 9.17) is 9.47 Å². The average Bonchev–Trinajstić information content (AvgIpc) is 2.80. The number of ether oxygens (including phenoxy) is 2. The first-order valence-corrected chi connectivity index (χ1v) is 10.5. The molecule has 0 spiro atoms. The number of carbonyl (C=O) groups is 2. The summed E-state index contributed by atoms with van der Waals surface area (Å²) in [6, 6.07) is 9.80. The fraction of sp³-hybridized carbons (Fsp3) is 0.333. The standard InChI is InChI=1S/C24H23F3O8/c25-24(26,27)16-6-1-15(2-7-16)13-34-23(22(32)33)11-18(29)21(31)19(12-23)35-20(30)10-5-14-3-8-17(28)9-4-14/h1-10,18-19,21,28-29,31H,11-13H2,(H,32,33)/t18-,19+,21+,23-/m0/s1. The number of aromatic hydroxyl groups is 1. The van der Waals surface area contributed by atoms with Crippen molar-refractivity contribution < 1.29 is 52.7 Å². The van der Waals surface area contributed by atoms with Crippen molar-refractivity contribution in [2.75, 3.05) is 0 Å². The van der Waals surface area contributed by atoms with Gasteiger partial charge in [0.15, 0.2) is 5.60 Å². The first-order chi connectivity index (χ1) is 16.4. The SMILES string of the molecule is O=C(C=Cc1ccc(O)cc1)O[C@@H]1C[C@](OCc2ccc(C(F)(F)F)cc2)(C(=O)O)C[C@H](O)[C@H]1O. The quantitative estimate of drug-likeness (QED) is 0.340. The van der Waals surface area contributed by atoms with Gasteiger partial charge in [0, 0.05) is 18.9 Å². The Kier molecular flexibility index (Phi) is 7.83. The summed E-state index contributed by atoms with van der Waals surface area (Å²) >= 11 is 0. The summed E-state index contributed by atoms with van der Waals surface area (Å²) in [5.74, 6) is -2.38. The number of phenolic OH excluding ortho intramolecular Hbond substituents is 1. The highest BCUT2D eigenvalue weighted by atomic mass is 19.4. The zero-order valence-electron chi connectivity index (χ0n) is 18.2. The molecule has 1 fully saturated rings. The van der Waals surface area contributed by atoms with Gasteiger partial charge in [-0.05, 0) is 41.5 Å². The van der Waals surface area contributed by atoms with Crippen LogP contribution in [-0.2, 0) is 31.8 Å². The predicted molar refractivity (Wildman–Crippen MR) is 115 cm³/mol. The molecule has 1 aliphatic carbocycles. The molecule has 0 unspecified atom stereocenters. The molecule has 2 aromatic carbocycles. The molecule has 0 aliphatic heterocycles. The molecule has 8 nitrogen and oxygen atoms in total. The van der Waals surface area contributed by atoms with Gasteiger partial charge in [0.05, 0.1) is 18.3 Å². The highest BCUT2D eigenvalue weighted by Gasteiger charge is 2.52. The molecule has 11 heteroatoms. The van der Waals surface area contributed by atoms with E-state index in [2.05, 4.69) is 0 Å². The molecule has 0 saturated heterocycles. The van der Waals surface area contributed by atoms with Crippen LogP contribution >= 0.6 is 0 Å². The van der Waals surface area contributed by atoms with E-state index in [0.717, 1.165) is 30.3 Å². The lowest BCUT2D eigenvalue weighted by Gasteiger charge is -2.41. The Morgan fingerprint density at radius 2 is 1.66 bits per heavy atom. The number of halogens is 3. The van der Waals surface area contributed by atoms with E-state index in [1.807, 2.05) is 0 Å². The topological polar surface area (TPSA) is 134 Å². The molecule has 1 aliphatic rings. The van der Waals surface area contributed by atoms with Crippen molar-refractivity contribution in [3.8, 4) is 5.75 Å². The van der Waals surface area contributed by atoms with Crippen LogP contribution < -0.4 is 0 Å². The molecule has 0 amide bonds. The van der Waals surface area contributed by atoms with Crippen molar-refractivity contribution in [2.24, 2.45) is 0 Å². The summed E-state index contributed by atoms with van der Waals surface area (Å²) in [7, 11) is 0. The average molecular weight is 496 g/mol. The lowest BCUT2D eigenvalue weighted by molar-refractivity contribution is -0.209. The van der Waals surface area contributed by atoms with E-state index in [9.17, 15) is 43.2 Å². The van der Waals surface area contributed by atoms with Crippen molar-refractivity contribution in [3.63, 3.8) is 0 Å². The fourth-order valence-corrected chi connectivity index (χ4v) is 3.65. The van der Waals surface area contributed by atoms with Crippen LogP contribution in [0.5, 0.6) is 5.75 Å². The molecule has 0 aromatic heterocycles. The zero-order chi connectivity index (χ0) is 25.8. The largest absolute Gasteiger partial charge is 0.508 e. The van der Waals surface area contributed by atoms with Crippen molar-refractivity contribution in [2.45, 2.75) is 49.5 Å². The molecule has 0 heterocycles. The van der Waals surface area contributed by atoms with E-state index in [0.29, 0.717) is 5.56 Å². The van der Waals surface area contributed by atoms with Crippen LogP contribution in [-0.4, -0.2) is 56.3 Å². The van der Waals surface area contributed by atoms with Gasteiger partial charge in [-0.1, -0.05) is 24.3 Å². The lowest BCUT2D eigenvalue weighted by atomic mass is 9.79. The van der Waals surface area contributed by atoms with Crippen molar-refractivity contribution in [1.29, 1.82) is 0 Å². The Bertz CT molecular complexity index is 1070. The second-order valence-corrected chi connectivity index (χ2v) is 8.15. The summed E-state index contributed by atoms with van der Waals surface area (Å²) < 4.78 is 48.9. The van der Waals surface area contributed by atoms with Gasteiger partial charge < -0.3 is 29.9 Å². The molecule has 2 aromatic rings.